The molecule has 1 aliphatic heterocycles. The van der Waals surface area contributed by atoms with Gasteiger partial charge in [-0.3, -0.25) is 28.9 Å². The van der Waals surface area contributed by atoms with E-state index in [1.54, 1.807) is 19.1 Å². The second-order valence-corrected chi connectivity index (χ2v) is 9.89. The van der Waals surface area contributed by atoms with E-state index in [2.05, 4.69) is 62.2 Å². The van der Waals surface area contributed by atoms with Crippen LogP contribution in [0.1, 0.15) is 50.3 Å². The third kappa shape index (κ3) is 7.68. The van der Waals surface area contributed by atoms with Crippen molar-refractivity contribution in [2.24, 2.45) is 5.92 Å². The van der Waals surface area contributed by atoms with Gasteiger partial charge in [0.25, 0.3) is 5.91 Å². The molecule has 0 radical (unpaired) electrons. The summed E-state index contributed by atoms with van der Waals surface area (Å²) >= 11 is 0. The van der Waals surface area contributed by atoms with Crippen LogP contribution in [0.25, 0.3) is 0 Å². The topological polar surface area (TPSA) is 267 Å². The van der Waals surface area contributed by atoms with Crippen LogP contribution in [-0.2, 0) is 43.4 Å². The van der Waals surface area contributed by atoms with Crippen molar-refractivity contribution in [2.45, 2.75) is 70.6 Å². The number of aromatic amines is 2. The molecule has 4 atom stereocenters. The molecule has 1 aliphatic rings. The summed E-state index contributed by atoms with van der Waals surface area (Å²) in [7, 11) is 0. The minimum atomic E-state index is -1.36. The Morgan fingerprint density at radius 3 is 2.47 bits per heavy atom. The molecule has 43 heavy (non-hydrogen) atoms. The second kappa shape index (κ2) is 14.0. The molecule has 0 bridgehead atoms. The number of amides is 4. The zero-order chi connectivity index (χ0) is 30.9. The minimum Gasteiger partial charge on any atom is -0.481 e. The third-order valence-electron chi connectivity index (χ3n) is 6.95. The van der Waals surface area contributed by atoms with Crippen molar-refractivity contribution in [1.29, 1.82) is 0 Å². The van der Waals surface area contributed by atoms with Crippen LogP contribution in [-0.4, -0.2) is 99.1 Å². The number of carboxylic acid groups (broad SMARTS) is 1. The van der Waals surface area contributed by atoms with Crippen LogP contribution in [0.2, 0.25) is 0 Å². The van der Waals surface area contributed by atoms with Gasteiger partial charge >= 0.3 is 5.97 Å². The number of nitrogens with one attached hydrogen (secondary N) is 5. The number of anilines is 1. The first-order valence-corrected chi connectivity index (χ1v) is 13.5. The minimum absolute atomic E-state index is 0.0586. The van der Waals surface area contributed by atoms with Crippen LogP contribution in [0.5, 0.6) is 0 Å². The van der Waals surface area contributed by atoms with Gasteiger partial charge in [0, 0.05) is 19.0 Å². The number of hydrogen-bond donors (Lipinski definition) is 6. The zero-order valence-corrected chi connectivity index (χ0v) is 23.4. The SMILES string of the molecule is CCC(C)C(NC(=O)Cc1nn[nH]n1)C(=O)NC(CCC(=O)O)C(=O)N1c2ncccc2C[C@H]1C(=O)NCc1nn[nH]n1. The van der Waals surface area contributed by atoms with E-state index in [4.69, 9.17) is 0 Å². The van der Waals surface area contributed by atoms with E-state index in [-0.39, 0.29) is 49.2 Å². The van der Waals surface area contributed by atoms with E-state index in [0.29, 0.717) is 12.0 Å². The van der Waals surface area contributed by atoms with Gasteiger partial charge in [0.2, 0.25) is 17.7 Å². The molecule has 6 N–H and O–H groups in total. The third-order valence-corrected chi connectivity index (χ3v) is 6.95. The van der Waals surface area contributed by atoms with Gasteiger partial charge in [-0.05, 0) is 24.0 Å². The van der Waals surface area contributed by atoms with Crippen molar-refractivity contribution in [2.75, 3.05) is 4.90 Å². The number of nitrogens with zero attached hydrogens (tertiary/aromatic N) is 8. The van der Waals surface area contributed by atoms with E-state index in [1.807, 2.05) is 6.92 Å². The fraction of sp³-hybridized carbons (Fsp3) is 0.500. The Kier molecular flexibility index (Phi) is 9.97. The summed E-state index contributed by atoms with van der Waals surface area (Å²) in [6.07, 6.45) is 1.12. The molecule has 3 aromatic heterocycles. The molecule has 0 fully saturated rings. The average Bonchev–Trinajstić information content (AvgIpc) is 3.77. The van der Waals surface area contributed by atoms with Gasteiger partial charge in [0.1, 0.15) is 23.9 Å². The molecule has 4 heterocycles. The number of fused-ring (bicyclic) bond motifs is 1. The molecular formula is C24H31N13O6. The number of aliphatic carboxylic acids is 1. The van der Waals surface area contributed by atoms with E-state index in [0.717, 1.165) is 0 Å². The van der Waals surface area contributed by atoms with E-state index >= 15 is 0 Å². The largest absolute Gasteiger partial charge is 0.481 e. The summed E-state index contributed by atoms with van der Waals surface area (Å²) in [6, 6.07) is -0.0856. The van der Waals surface area contributed by atoms with Gasteiger partial charge in [-0.1, -0.05) is 36.8 Å². The first-order chi connectivity index (χ1) is 20.7. The van der Waals surface area contributed by atoms with Crippen molar-refractivity contribution < 1.29 is 29.1 Å². The molecule has 0 saturated carbocycles. The highest BCUT2D eigenvalue weighted by molar-refractivity contribution is 6.06. The summed E-state index contributed by atoms with van der Waals surface area (Å²) < 4.78 is 0. The van der Waals surface area contributed by atoms with E-state index in [1.165, 1.54) is 11.1 Å². The Hall–Kier alpha value is -5.36. The molecule has 228 valence electrons. The molecule has 0 aliphatic carbocycles. The lowest BCUT2D eigenvalue weighted by atomic mass is 9.97. The monoisotopic (exact) mass is 597 g/mol. The highest BCUT2D eigenvalue weighted by Gasteiger charge is 2.43. The molecule has 4 amide bonds. The maximum atomic E-state index is 14.0. The lowest BCUT2D eigenvalue weighted by Crippen LogP contribution is -2.58. The predicted octanol–water partition coefficient (Wildman–Crippen LogP) is -2.19. The number of carboxylic acids is 1. The average molecular weight is 598 g/mol. The van der Waals surface area contributed by atoms with Crippen LogP contribution in [0, 0.1) is 5.92 Å². The fourth-order valence-electron chi connectivity index (χ4n) is 4.55. The van der Waals surface area contributed by atoms with Gasteiger partial charge in [-0.15, -0.1) is 20.4 Å². The molecule has 3 unspecified atom stereocenters. The maximum Gasteiger partial charge on any atom is 0.303 e. The second-order valence-electron chi connectivity index (χ2n) is 9.89. The van der Waals surface area contributed by atoms with Crippen LogP contribution in [0.4, 0.5) is 5.82 Å². The fourth-order valence-corrected chi connectivity index (χ4v) is 4.55. The summed E-state index contributed by atoms with van der Waals surface area (Å²) in [5.41, 5.74) is 0.616. The molecule has 0 spiro atoms. The number of H-pyrrole nitrogens is 2. The lowest BCUT2D eigenvalue weighted by Gasteiger charge is -2.30. The number of rotatable bonds is 14. The van der Waals surface area contributed by atoms with Crippen LogP contribution >= 0.6 is 0 Å². The van der Waals surface area contributed by atoms with Gasteiger partial charge in [-0.2, -0.15) is 10.4 Å². The molecular weight excluding hydrogens is 566 g/mol. The smallest absolute Gasteiger partial charge is 0.303 e. The summed E-state index contributed by atoms with van der Waals surface area (Å²) in [5, 5.41) is 43.7. The zero-order valence-electron chi connectivity index (χ0n) is 23.4. The molecule has 0 saturated heterocycles. The maximum absolute atomic E-state index is 14.0. The van der Waals surface area contributed by atoms with E-state index in [9.17, 15) is 29.1 Å². The Balaban J connectivity index is 1.55. The molecule has 19 nitrogen and oxygen atoms in total. The van der Waals surface area contributed by atoms with Gasteiger partial charge in [-0.25, -0.2) is 4.98 Å². The quantitative estimate of drug-likeness (QED) is 0.115. The van der Waals surface area contributed by atoms with Gasteiger partial charge in [0.05, 0.1) is 13.0 Å². The number of hydrogen-bond acceptors (Lipinski definition) is 12. The number of carbonyl (C=O) groups excluding carboxylic acids is 4. The van der Waals surface area contributed by atoms with Crippen molar-refractivity contribution in [3.63, 3.8) is 0 Å². The van der Waals surface area contributed by atoms with Crippen LogP contribution in [0.3, 0.4) is 0 Å². The first kappa shape index (κ1) is 30.6. The molecule has 19 heteroatoms. The standard InChI is InChI=1S/C24H31N13O6/c1-3-12(2)20(28-18(38)10-16-29-33-34-30-16)23(42)27-14(6-7-19(39)40)24(43)37-15(9-13-5-4-8-25-21(13)37)22(41)26-11-17-31-35-36-32-17/h4-5,8,12,14-15,20H,3,6-7,9-11H2,1-2H3,(H,26,41)(H,27,42)(H,28,38)(H,39,40)(H,29,30,33,34)(H,31,32,35,36)/t12?,14?,15-,20?/m0/s1. The Morgan fingerprint density at radius 2 is 1.81 bits per heavy atom. The summed E-state index contributed by atoms with van der Waals surface area (Å²) in [4.78, 5) is 70.4. The highest BCUT2D eigenvalue weighted by Crippen LogP contribution is 2.31. The predicted molar refractivity (Wildman–Crippen MR) is 143 cm³/mol. The molecule has 0 aromatic carbocycles. The van der Waals surface area contributed by atoms with Gasteiger partial charge in [0.15, 0.2) is 11.6 Å². The first-order valence-electron chi connectivity index (χ1n) is 13.5. The summed E-state index contributed by atoms with van der Waals surface area (Å²) in [5.74, 6) is -3.49. The summed E-state index contributed by atoms with van der Waals surface area (Å²) in [6.45, 7) is 3.52. The molecule has 3 aromatic rings. The van der Waals surface area contributed by atoms with Crippen molar-refractivity contribution in [1.82, 2.24) is 62.2 Å². The van der Waals surface area contributed by atoms with Gasteiger partial charge < -0.3 is 21.1 Å². The molecule has 4 rings (SSSR count). The number of pyridine rings is 1. The van der Waals surface area contributed by atoms with Crippen LogP contribution in [0.15, 0.2) is 18.3 Å². The van der Waals surface area contributed by atoms with E-state index < -0.39 is 54.1 Å². The normalized spacial score (nSPS) is 16.0. The number of tetrazole rings is 2. The van der Waals surface area contributed by atoms with Crippen LogP contribution < -0.4 is 20.9 Å². The van der Waals surface area contributed by atoms with Crippen molar-refractivity contribution in [3.05, 3.63) is 35.5 Å². The Morgan fingerprint density at radius 1 is 1.09 bits per heavy atom. The number of aromatic nitrogens is 9. The highest BCUT2D eigenvalue weighted by atomic mass is 16.4. The number of carbonyl (C=O) groups is 5. The Bertz CT molecular complexity index is 1430. The Labute approximate surface area is 244 Å². The van der Waals surface area contributed by atoms with Crippen molar-refractivity contribution in [3.8, 4) is 0 Å². The van der Waals surface area contributed by atoms with Crippen molar-refractivity contribution >= 4 is 35.4 Å². The lowest BCUT2D eigenvalue weighted by molar-refractivity contribution is -0.138.